The van der Waals surface area contributed by atoms with E-state index in [0.29, 0.717) is 30.5 Å². The van der Waals surface area contributed by atoms with E-state index in [1.54, 1.807) is 24.3 Å². The Morgan fingerprint density at radius 3 is 2.61 bits per heavy atom. The average molecular weight is 382 g/mol. The Morgan fingerprint density at radius 2 is 1.96 bits per heavy atom. The number of carbonyl (C=O) groups is 2. The van der Waals surface area contributed by atoms with Gasteiger partial charge in [-0.3, -0.25) is 14.6 Å². The number of para-hydroxylation sites is 1. The van der Waals surface area contributed by atoms with Crippen LogP contribution in [0.4, 0.5) is 11.4 Å². The summed E-state index contributed by atoms with van der Waals surface area (Å²) in [5, 5.41) is 8.74. The van der Waals surface area contributed by atoms with E-state index in [1.165, 1.54) is 13.1 Å². The number of rotatable bonds is 8. The van der Waals surface area contributed by atoms with Crippen molar-refractivity contribution >= 4 is 28.8 Å². The van der Waals surface area contributed by atoms with Crippen molar-refractivity contribution in [3.8, 4) is 5.88 Å². The van der Waals surface area contributed by atoms with Crippen molar-refractivity contribution in [1.82, 2.24) is 4.98 Å². The normalized spacial score (nSPS) is 15.9. The van der Waals surface area contributed by atoms with Gasteiger partial charge in [0.1, 0.15) is 18.4 Å². The maximum absolute atomic E-state index is 12.6. The van der Waals surface area contributed by atoms with Crippen LogP contribution in [0, 0.1) is 0 Å². The molecule has 28 heavy (non-hydrogen) atoms. The van der Waals surface area contributed by atoms with Crippen molar-refractivity contribution in [1.29, 1.82) is 0 Å². The first-order valence-corrected chi connectivity index (χ1v) is 8.90. The molecule has 0 saturated carbocycles. The molecule has 8 nitrogen and oxygen atoms in total. The fourth-order valence-electron chi connectivity index (χ4n) is 2.76. The molecule has 8 heteroatoms. The van der Waals surface area contributed by atoms with Crippen LogP contribution < -0.4 is 15.1 Å². The topological polar surface area (TPSA) is 93.1 Å². The number of nitrogens with one attached hydrogen (secondary N) is 1. The summed E-state index contributed by atoms with van der Waals surface area (Å²) in [4.78, 5) is 28.8. The van der Waals surface area contributed by atoms with Crippen LogP contribution in [0.15, 0.2) is 53.8 Å². The SMILES string of the molecule is COCCOc1ccc(NC(=O)C2=NN(c3ccccc3)C(C(C)=O)C2)cn1. The second-order valence-electron chi connectivity index (χ2n) is 6.24. The Balaban J connectivity index is 1.67. The van der Waals surface area contributed by atoms with Gasteiger partial charge in [0.25, 0.3) is 5.91 Å². The van der Waals surface area contributed by atoms with Crippen molar-refractivity contribution in [2.24, 2.45) is 5.10 Å². The van der Waals surface area contributed by atoms with Crippen LogP contribution in [0.5, 0.6) is 5.88 Å². The van der Waals surface area contributed by atoms with Crippen molar-refractivity contribution in [3.05, 3.63) is 48.7 Å². The van der Waals surface area contributed by atoms with Crippen molar-refractivity contribution in [3.63, 3.8) is 0 Å². The van der Waals surface area contributed by atoms with Gasteiger partial charge in [0.2, 0.25) is 5.88 Å². The largest absolute Gasteiger partial charge is 0.475 e. The second kappa shape index (κ2) is 9.09. The summed E-state index contributed by atoms with van der Waals surface area (Å²) in [7, 11) is 1.59. The molecule has 146 valence electrons. The van der Waals surface area contributed by atoms with Gasteiger partial charge in [-0.05, 0) is 25.1 Å². The number of hydrogen-bond donors (Lipinski definition) is 1. The molecule has 0 bridgehead atoms. The van der Waals surface area contributed by atoms with Crippen LogP contribution in [0.1, 0.15) is 13.3 Å². The minimum absolute atomic E-state index is 0.0466. The molecule has 2 aromatic rings. The number of hydrogen-bond acceptors (Lipinski definition) is 7. The minimum Gasteiger partial charge on any atom is -0.475 e. The molecule has 0 aliphatic carbocycles. The van der Waals surface area contributed by atoms with Crippen LogP contribution in [0.25, 0.3) is 0 Å². The van der Waals surface area contributed by atoms with Crippen LogP contribution >= 0.6 is 0 Å². The molecule has 1 aliphatic rings. The Kier molecular flexibility index (Phi) is 6.33. The number of anilines is 2. The first kappa shape index (κ1) is 19.5. The van der Waals surface area contributed by atoms with Crippen LogP contribution in [0.3, 0.4) is 0 Å². The fourth-order valence-corrected chi connectivity index (χ4v) is 2.76. The van der Waals surface area contributed by atoms with Gasteiger partial charge in [-0.1, -0.05) is 18.2 Å². The molecule has 0 fully saturated rings. The lowest BCUT2D eigenvalue weighted by Gasteiger charge is -2.20. The molecule has 1 N–H and O–H groups in total. The van der Waals surface area contributed by atoms with Gasteiger partial charge in [0, 0.05) is 19.6 Å². The molecule has 0 radical (unpaired) electrons. The predicted molar refractivity (Wildman–Crippen MR) is 106 cm³/mol. The lowest BCUT2D eigenvalue weighted by atomic mass is 10.1. The quantitative estimate of drug-likeness (QED) is 0.704. The second-order valence-corrected chi connectivity index (χ2v) is 6.24. The average Bonchev–Trinajstić information content (AvgIpc) is 3.16. The Bertz CT molecular complexity index is 852. The number of Topliss-reactive ketones (excluding diaryl/α,β-unsaturated/α-hetero) is 1. The van der Waals surface area contributed by atoms with E-state index in [9.17, 15) is 9.59 Å². The highest BCUT2D eigenvalue weighted by Crippen LogP contribution is 2.25. The van der Waals surface area contributed by atoms with Crippen LogP contribution in [-0.4, -0.2) is 48.8 Å². The van der Waals surface area contributed by atoms with Gasteiger partial charge in [-0.2, -0.15) is 5.10 Å². The summed E-state index contributed by atoms with van der Waals surface area (Å²) in [6.07, 6.45) is 1.76. The molecule has 1 atom stereocenters. The maximum atomic E-state index is 12.6. The third-order valence-electron chi connectivity index (χ3n) is 4.19. The van der Waals surface area contributed by atoms with Crippen molar-refractivity contribution < 1.29 is 19.1 Å². The van der Waals surface area contributed by atoms with E-state index >= 15 is 0 Å². The molecule has 3 rings (SSSR count). The number of benzene rings is 1. The molecular weight excluding hydrogens is 360 g/mol. The predicted octanol–water partition coefficient (Wildman–Crippen LogP) is 2.27. The highest BCUT2D eigenvalue weighted by Gasteiger charge is 2.34. The molecule has 1 unspecified atom stereocenters. The number of amides is 1. The number of ketones is 1. The number of aromatic nitrogens is 1. The first-order chi connectivity index (χ1) is 13.6. The summed E-state index contributed by atoms with van der Waals surface area (Å²) in [5.41, 5.74) is 1.58. The van der Waals surface area contributed by atoms with E-state index in [4.69, 9.17) is 9.47 Å². The number of nitrogens with zero attached hydrogens (tertiary/aromatic N) is 3. The number of hydrazone groups is 1. The van der Waals surface area contributed by atoms with Crippen LogP contribution in [0.2, 0.25) is 0 Å². The van der Waals surface area contributed by atoms with Gasteiger partial charge in [0.15, 0.2) is 5.78 Å². The summed E-state index contributed by atoms with van der Waals surface area (Å²) in [5.74, 6) is 0.0364. The molecule has 2 heterocycles. The summed E-state index contributed by atoms with van der Waals surface area (Å²) >= 11 is 0. The Morgan fingerprint density at radius 1 is 1.18 bits per heavy atom. The molecular formula is C20H22N4O4. The monoisotopic (exact) mass is 382 g/mol. The van der Waals surface area contributed by atoms with Gasteiger partial charge >= 0.3 is 0 Å². The Labute approximate surface area is 163 Å². The van der Waals surface area contributed by atoms with E-state index in [-0.39, 0.29) is 18.1 Å². The highest BCUT2D eigenvalue weighted by molar-refractivity contribution is 6.44. The van der Waals surface area contributed by atoms with Gasteiger partial charge in [-0.25, -0.2) is 4.98 Å². The summed E-state index contributed by atoms with van der Waals surface area (Å²) in [6.45, 7) is 2.37. The summed E-state index contributed by atoms with van der Waals surface area (Å²) in [6, 6.07) is 12.2. The summed E-state index contributed by atoms with van der Waals surface area (Å²) < 4.78 is 10.3. The number of ether oxygens (including phenoxy) is 2. The van der Waals surface area contributed by atoms with E-state index in [1.807, 2.05) is 30.3 Å². The number of methoxy groups -OCH3 is 1. The third-order valence-corrected chi connectivity index (χ3v) is 4.19. The van der Waals surface area contributed by atoms with Crippen LogP contribution in [-0.2, 0) is 14.3 Å². The fraction of sp³-hybridized carbons (Fsp3) is 0.300. The first-order valence-electron chi connectivity index (χ1n) is 8.90. The maximum Gasteiger partial charge on any atom is 0.272 e. The van der Waals surface area contributed by atoms with Gasteiger partial charge < -0.3 is 14.8 Å². The standard InChI is InChI=1S/C20H22N4O4/c1-14(25)18-12-17(23-24(18)16-6-4-3-5-7-16)20(26)22-15-8-9-19(21-13-15)28-11-10-27-2/h3-9,13,18H,10-12H2,1-2H3,(H,22,26). The third kappa shape index (κ3) is 4.72. The molecule has 0 saturated heterocycles. The van der Waals surface area contributed by atoms with Crippen molar-refractivity contribution in [2.75, 3.05) is 30.6 Å². The lowest BCUT2D eigenvalue weighted by Crippen LogP contribution is -2.33. The molecule has 1 amide bonds. The molecule has 1 aromatic heterocycles. The zero-order chi connectivity index (χ0) is 19.9. The highest BCUT2D eigenvalue weighted by atomic mass is 16.5. The lowest BCUT2D eigenvalue weighted by molar-refractivity contribution is -0.118. The smallest absolute Gasteiger partial charge is 0.272 e. The molecule has 1 aliphatic heterocycles. The molecule has 1 aromatic carbocycles. The minimum atomic E-state index is -0.488. The van der Waals surface area contributed by atoms with Crippen molar-refractivity contribution in [2.45, 2.75) is 19.4 Å². The Hall–Kier alpha value is -3.26. The van der Waals surface area contributed by atoms with Gasteiger partial charge in [0.05, 0.1) is 24.2 Å². The van der Waals surface area contributed by atoms with Gasteiger partial charge in [-0.15, -0.1) is 0 Å². The van der Waals surface area contributed by atoms with E-state index < -0.39 is 6.04 Å². The zero-order valence-electron chi connectivity index (χ0n) is 15.8. The number of pyridine rings is 1. The number of carbonyl (C=O) groups excluding carboxylic acids is 2. The molecule has 0 spiro atoms. The zero-order valence-corrected chi connectivity index (χ0v) is 15.8. The van der Waals surface area contributed by atoms with E-state index in [2.05, 4.69) is 15.4 Å². The van der Waals surface area contributed by atoms with E-state index in [0.717, 1.165) is 5.69 Å².